The molecule has 1 rings (SSSR count). The van der Waals surface area contributed by atoms with E-state index in [-0.39, 0.29) is 17.8 Å². The highest BCUT2D eigenvalue weighted by molar-refractivity contribution is 14.1. The standard InChI is InChI=1S/C11H13BrIN3O2/c1-6(4-10(14)16-18)15-11(17)8-5-7(13)2-3-9(8)12/h2-3,5-6,18H,4H2,1H3,(H2,14,16)(H,15,17). The number of hydrogen-bond donors (Lipinski definition) is 3. The number of halogens is 2. The van der Waals surface area contributed by atoms with E-state index in [4.69, 9.17) is 10.9 Å². The van der Waals surface area contributed by atoms with Gasteiger partial charge in [-0.2, -0.15) is 0 Å². The molecule has 0 saturated heterocycles. The van der Waals surface area contributed by atoms with Gasteiger partial charge in [0.15, 0.2) is 0 Å². The molecule has 4 N–H and O–H groups in total. The van der Waals surface area contributed by atoms with E-state index < -0.39 is 0 Å². The van der Waals surface area contributed by atoms with Crippen molar-refractivity contribution in [2.24, 2.45) is 10.9 Å². The van der Waals surface area contributed by atoms with Crippen LogP contribution in [-0.4, -0.2) is 23.0 Å². The number of carbonyl (C=O) groups is 1. The lowest BCUT2D eigenvalue weighted by atomic mass is 10.1. The topological polar surface area (TPSA) is 87.7 Å². The van der Waals surface area contributed by atoms with Gasteiger partial charge in [0.1, 0.15) is 5.84 Å². The molecule has 0 aromatic heterocycles. The van der Waals surface area contributed by atoms with Gasteiger partial charge >= 0.3 is 0 Å². The largest absolute Gasteiger partial charge is 0.409 e. The van der Waals surface area contributed by atoms with Crippen LogP contribution in [-0.2, 0) is 0 Å². The number of hydrogen-bond acceptors (Lipinski definition) is 3. The zero-order chi connectivity index (χ0) is 13.7. The molecule has 7 heteroatoms. The fourth-order valence-corrected chi connectivity index (χ4v) is 2.30. The minimum atomic E-state index is -0.210. The Bertz CT molecular complexity index is 479. The first-order valence-electron chi connectivity index (χ1n) is 5.16. The van der Waals surface area contributed by atoms with Crippen molar-refractivity contribution in [2.75, 3.05) is 0 Å². The molecule has 5 nitrogen and oxygen atoms in total. The Balaban J connectivity index is 2.73. The monoisotopic (exact) mass is 425 g/mol. The van der Waals surface area contributed by atoms with Gasteiger partial charge in [0.25, 0.3) is 5.91 Å². The average molecular weight is 426 g/mol. The quantitative estimate of drug-likeness (QED) is 0.227. The van der Waals surface area contributed by atoms with Gasteiger partial charge in [-0.3, -0.25) is 4.79 Å². The zero-order valence-corrected chi connectivity index (χ0v) is 13.4. The van der Waals surface area contributed by atoms with E-state index in [1.807, 2.05) is 12.1 Å². The first kappa shape index (κ1) is 15.2. The van der Waals surface area contributed by atoms with E-state index in [2.05, 4.69) is 49.0 Å². The van der Waals surface area contributed by atoms with Gasteiger partial charge in [-0.05, 0) is 63.6 Å². The smallest absolute Gasteiger partial charge is 0.252 e. The molecule has 1 amide bonds. The first-order chi connectivity index (χ1) is 8.43. The second-order valence-electron chi connectivity index (χ2n) is 3.79. The Morgan fingerprint density at radius 1 is 1.67 bits per heavy atom. The summed E-state index contributed by atoms with van der Waals surface area (Å²) in [5.41, 5.74) is 5.94. The van der Waals surface area contributed by atoms with Crippen molar-refractivity contribution < 1.29 is 10.0 Å². The zero-order valence-electron chi connectivity index (χ0n) is 9.65. The molecule has 1 atom stereocenters. The van der Waals surface area contributed by atoms with Crippen molar-refractivity contribution in [3.8, 4) is 0 Å². The second kappa shape index (κ2) is 6.93. The molecule has 0 radical (unpaired) electrons. The minimum Gasteiger partial charge on any atom is -0.409 e. The second-order valence-corrected chi connectivity index (χ2v) is 5.89. The summed E-state index contributed by atoms with van der Waals surface area (Å²) in [6, 6.07) is 5.31. The molecule has 98 valence electrons. The fourth-order valence-electron chi connectivity index (χ4n) is 1.38. The summed E-state index contributed by atoms with van der Waals surface area (Å²) in [4.78, 5) is 12.0. The number of carbonyl (C=O) groups excluding carboxylic acids is 1. The van der Waals surface area contributed by atoms with Crippen molar-refractivity contribution >= 4 is 50.3 Å². The van der Waals surface area contributed by atoms with Crippen LogP contribution in [0.15, 0.2) is 27.8 Å². The van der Waals surface area contributed by atoms with Crippen LogP contribution in [0.1, 0.15) is 23.7 Å². The van der Waals surface area contributed by atoms with Crippen molar-refractivity contribution in [1.82, 2.24) is 5.32 Å². The number of benzene rings is 1. The molecule has 0 heterocycles. The summed E-state index contributed by atoms with van der Waals surface area (Å²) < 4.78 is 1.71. The minimum absolute atomic E-state index is 0.0875. The summed E-state index contributed by atoms with van der Waals surface area (Å²) in [6.07, 6.45) is 0.295. The number of amides is 1. The highest BCUT2D eigenvalue weighted by Crippen LogP contribution is 2.19. The van der Waals surface area contributed by atoms with Crippen LogP contribution in [0, 0.1) is 3.57 Å². The lowest BCUT2D eigenvalue weighted by Crippen LogP contribution is -2.36. The SMILES string of the molecule is CC(C/C(N)=N/O)NC(=O)c1cc(I)ccc1Br. The summed E-state index contributed by atoms with van der Waals surface area (Å²) in [7, 11) is 0. The normalized spacial score (nSPS) is 13.2. The number of oxime groups is 1. The van der Waals surface area contributed by atoms with Gasteiger partial charge in [-0.15, -0.1) is 0 Å². The molecule has 18 heavy (non-hydrogen) atoms. The molecule has 0 aliphatic rings. The molecular weight excluding hydrogens is 413 g/mol. The molecule has 0 aliphatic heterocycles. The Hall–Kier alpha value is -0.830. The number of amidine groups is 1. The summed E-state index contributed by atoms with van der Waals surface area (Å²) >= 11 is 5.47. The summed E-state index contributed by atoms with van der Waals surface area (Å²) in [6.45, 7) is 1.79. The highest BCUT2D eigenvalue weighted by atomic mass is 127. The number of rotatable bonds is 4. The lowest BCUT2D eigenvalue weighted by molar-refractivity contribution is 0.0940. The van der Waals surface area contributed by atoms with Crippen molar-refractivity contribution in [2.45, 2.75) is 19.4 Å². The molecular formula is C11H13BrIN3O2. The molecule has 0 spiro atoms. The van der Waals surface area contributed by atoms with Gasteiger partial charge in [-0.25, -0.2) is 0 Å². The van der Waals surface area contributed by atoms with E-state index in [9.17, 15) is 4.79 Å². The van der Waals surface area contributed by atoms with Gasteiger partial charge in [-0.1, -0.05) is 5.16 Å². The fraction of sp³-hybridized carbons (Fsp3) is 0.273. The predicted molar refractivity (Wildman–Crippen MR) is 81.8 cm³/mol. The van der Waals surface area contributed by atoms with Crippen LogP contribution in [0.4, 0.5) is 0 Å². The molecule has 0 fully saturated rings. The maximum atomic E-state index is 12.0. The Kier molecular flexibility index (Phi) is 5.86. The third kappa shape index (κ3) is 4.45. The van der Waals surface area contributed by atoms with E-state index in [0.29, 0.717) is 12.0 Å². The third-order valence-electron chi connectivity index (χ3n) is 2.19. The average Bonchev–Trinajstić information content (AvgIpc) is 2.31. The van der Waals surface area contributed by atoms with Crippen molar-refractivity contribution in [3.63, 3.8) is 0 Å². The van der Waals surface area contributed by atoms with Gasteiger partial charge in [0, 0.05) is 20.5 Å². The maximum absolute atomic E-state index is 12.0. The Morgan fingerprint density at radius 2 is 2.33 bits per heavy atom. The number of nitrogens with two attached hydrogens (primary N) is 1. The molecule has 0 saturated carbocycles. The molecule has 0 aliphatic carbocycles. The molecule has 1 aromatic rings. The van der Waals surface area contributed by atoms with Crippen LogP contribution < -0.4 is 11.1 Å². The van der Waals surface area contributed by atoms with Gasteiger partial charge in [0.2, 0.25) is 0 Å². The Labute approximate surface area is 127 Å². The lowest BCUT2D eigenvalue weighted by Gasteiger charge is -2.13. The number of nitrogens with one attached hydrogen (secondary N) is 1. The summed E-state index contributed by atoms with van der Waals surface area (Å²) in [5.74, 6) is -0.108. The van der Waals surface area contributed by atoms with Gasteiger partial charge in [0.05, 0.1) is 5.56 Å². The van der Waals surface area contributed by atoms with Gasteiger partial charge < -0.3 is 16.3 Å². The van der Waals surface area contributed by atoms with Crippen molar-refractivity contribution in [1.29, 1.82) is 0 Å². The van der Waals surface area contributed by atoms with E-state index in [1.165, 1.54) is 0 Å². The maximum Gasteiger partial charge on any atom is 0.252 e. The first-order valence-corrected chi connectivity index (χ1v) is 7.03. The highest BCUT2D eigenvalue weighted by Gasteiger charge is 2.14. The Morgan fingerprint density at radius 3 is 2.94 bits per heavy atom. The summed E-state index contributed by atoms with van der Waals surface area (Å²) in [5, 5.41) is 14.1. The third-order valence-corrected chi connectivity index (χ3v) is 3.56. The molecule has 1 unspecified atom stereocenters. The van der Waals surface area contributed by atoms with E-state index >= 15 is 0 Å². The molecule has 1 aromatic carbocycles. The van der Waals surface area contributed by atoms with Crippen LogP contribution in [0.25, 0.3) is 0 Å². The van der Waals surface area contributed by atoms with Crippen LogP contribution in [0.2, 0.25) is 0 Å². The number of nitrogens with zero attached hydrogens (tertiary/aromatic N) is 1. The molecule has 0 bridgehead atoms. The van der Waals surface area contributed by atoms with E-state index in [1.54, 1.807) is 13.0 Å². The van der Waals surface area contributed by atoms with Crippen molar-refractivity contribution in [3.05, 3.63) is 31.8 Å². The van der Waals surface area contributed by atoms with Crippen LogP contribution in [0.3, 0.4) is 0 Å². The van der Waals surface area contributed by atoms with Crippen LogP contribution in [0.5, 0.6) is 0 Å². The van der Waals surface area contributed by atoms with Crippen LogP contribution >= 0.6 is 38.5 Å². The predicted octanol–water partition coefficient (Wildman–Crippen LogP) is 2.31. The van der Waals surface area contributed by atoms with E-state index in [0.717, 1.165) is 8.04 Å².